The number of primary amides is 1. The topological polar surface area (TPSA) is 109 Å². The van der Waals surface area contributed by atoms with Crippen molar-refractivity contribution in [1.82, 2.24) is 15.0 Å². The molecule has 1 aliphatic carbocycles. The Balaban J connectivity index is 1.40. The zero-order chi connectivity index (χ0) is 20.5. The molecule has 4 N–H and O–H groups in total. The fourth-order valence-electron chi connectivity index (χ4n) is 3.93. The fourth-order valence-corrected chi connectivity index (χ4v) is 4.65. The van der Waals surface area contributed by atoms with Gasteiger partial charge in [0.05, 0.1) is 15.7 Å². The Morgan fingerprint density at radius 2 is 1.97 bits per heavy atom. The number of fused-ring (bicyclic) bond motifs is 1. The maximum Gasteiger partial charge on any atom is 0.226 e. The average Bonchev–Trinajstić information content (AvgIpc) is 3.18. The summed E-state index contributed by atoms with van der Waals surface area (Å²) in [7, 11) is 0. The Kier molecular flexibility index (Phi) is 5.12. The van der Waals surface area contributed by atoms with Crippen LogP contribution in [0.15, 0.2) is 29.8 Å². The average molecular weight is 424 g/mol. The summed E-state index contributed by atoms with van der Waals surface area (Å²) in [5.41, 5.74) is 9.31. The summed E-state index contributed by atoms with van der Waals surface area (Å²) in [5, 5.41) is 6.89. The van der Waals surface area contributed by atoms with Gasteiger partial charge in [0.2, 0.25) is 11.9 Å². The van der Waals surface area contributed by atoms with Crippen LogP contribution in [-0.4, -0.2) is 40.0 Å². The maximum atomic E-state index is 11.5. The predicted octanol–water partition coefficient (Wildman–Crippen LogP) is 3.50. The number of nitrogens with two attached hydrogens (primary N) is 1. The van der Waals surface area contributed by atoms with Crippen LogP contribution in [0, 0.1) is 5.92 Å². The van der Waals surface area contributed by atoms with Crippen molar-refractivity contribution in [2.24, 2.45) is 11.7 Å². The lowest BCUT2D eigenvalue weighted by molar-refractivity contribution is -0.122. The third-order valence-corrected chi connectivity index (χ3v) is 6.77. The zero-order valence-corrected chi connectivity index (χ0v) is 17.5. The number of carbonyl (C=O) groups is 1. The summed E-state index contributed by atoms with van der Waals surface area (Å²) in [5.74, 6) is 2.03. The lowest BCUT2D eigenvalue weighted by atomic mass is 9.93. The summed E-state index contributed by atoms with van der Waals surface area (Å²) < 4.78 is 1.13. The zero-order valence-electron chi connectivity index (χ0n) is 16.7. The van der Waals surface area contributed by atoms with Crippen LogP contribution < -0.4 is 21.3 Å². The van der Waals surface area contributed by atoms with E-state index in [2.05, 4.69) is 26.6 Å². The van der Waals surface area contributed by atoms with Crippen LogP contribution >= 0.6 is 11.3 Å². The molecule has 5 rings (SSSR count). The van der Waals surface area contributed by atoms with E-state index < -0.39 is 0 Å². The van der Waals surface area contributed by atoms with E-state index in [1.807, 2.05) is 23.7 Å². The van der Waals surface area contributed by atoms with Crippen LogP contribution in [0.25, 0.3) is 10.2 Å². The predicted molar refractivity (Wildman–Crippen MR) is 120 cm³/mol. The minimum absolute atomic E-state index is 0.0422. The number of benzene rings is 1. The number of anilines is 4. The lowest BCUT2D eigenvalue weighted by Crippen LogP contribution is -2.39. The van der Waals surface area contributed by atoms with E-state index in [1.54, 1.807) is 11.3 Å². The highest BCUT2D eigenvalue weighted by Crippen LogP contribution is 2.29. The van der Waals surface area contributed by atoms with Gasteiger partial charge in [-0.25, -0.2) is 4.98 Å². The number of hydrogen-bond acceptors (Lipinski definition) is 8. The molecule has 156 valence electrons. The molecule has 3 aromatic rings. The van der Waals surface area contributed by atoms with Crippen molar-refractivity contribution in [2.45, 2.75) is 38.1 Å². The third-order valence-electron chi connectivity index (χ3n) is 5.98. The van der Waals surface area contributed by atoms with Crippen LogP contribution in [0.1, 0.15) is 32.1 Å². The smallest absolute Gasteiger partial charge is 0.226 e. The Bertz CT molecular complexity index is 1060. The summed E-state index contributed by atoms with van der Waals surface area (Å²) in [4.78, 5) is 27.5. The molecule has 0 spiro atoms. The molecule has 30 heavy (non-hydrogen) atoms. The fraction of sp³-hybridized carbons (Fsp3) is 0.429. The molecule has 1 amide bonds. The Morgan fingerprint density at radius 1 is 1.13 bits per heavy atom. The molecule has 0 atom stereocenters. The van der Waals surface area contributed by atoms with Gasteiger partial charge in [0, 0.05) is 36.8 Å². The van der Waals surface area contributed by atoms with Crippen molar-refractivity contribution in [3.05, 3.63) is 29.8 Å². The van der Waals surface area contributed by atoms with E-state index in [0.717, 1.165) is 66.3 Å². The summed E-state index contributed by atoms with van der Waals surface area (Å²) in [6.07, 6.45) is 5.08. The molecular formula is C21H25N7OS. The molecule has 1 saturated heterocycles. The molecule has 9 heteroatoms. The summed E-state index contributed by atoms with van der Waals surface area (Å²) in [6, 6.07) is 8.54. The van der Waals surface area contributed by atoms with Gasteiger partial charge in [0.25, 0.3) is 0 Å². The van der Waals surface area contributed by atoms with Crippen molar-refractivity contribution in [3.8, 4) is 0 Å². The van der Waals surface area contributed by atoms with E-state index in [0.29, 0.717) is 12.0 Å². The van der Waals surface area contributed by atoms with Gasteiger partial charge in [-0.3, -0.25) is 4.79 Å². The van der Waals surface area contributed by atoms with Gasteiger partial charge in [-0.1, -0.05) is 0 Å². The summed E-state index contributed by atoms with van der Waals surface area (Å²) >= 11 is 1.62. The molecule has 8 nitrogen and oxygen atoms in total. The second-order valence-corrected chi connectivity index (χ2v) is 8.92. The number of carbonyl (C=O) groups excluding carboxylic acids is 1. The largest absolute Gasteiger partial charge is 0.369 e. The number of nitrogens with zero attached hydrogens (tertiary/aromatic N) is 4. The van der Waals surface area contributed by atoms with Gasteiger partial charge in [0.1, 0.15) is 11.6 Å². The number of hydrogen-bond donors (Lipinski definition) is 3. The van der Waals surface area contributed by atoms with Crippen molar-refractivity contribution < 1.29 is 4.79 Å². The monoisotopic (exact) mass is 423 g/mol. The molecule has 2 aromatic heterocycles. The van der Waals surface area contributed by atoms with Crippen molar-refractivity contribution in [2.75, 3.05) is 28.6 Å². The standard InChI is InChI=1S/C21H25N7OS/c22-20(29)13-6-8-28(9-7-13)19-11-18(26-21(27-19)25-14-2-1-3-14)24-15-4-5-16-17(10-15)30-12-23-16/h4-5,10-14H,1-3,6-9H2,(H2,22,29)(H2,24,25,26,27). The minimum Gasteiger partial charge on any atom is -0.369 e. The van der Waals surface area contributed by atoms with Crippen LogP contribution in [0.3, 0.4) is 0 Å². The number of nitrogens with one attached hydrogen (secondary N) is 2. The molecule has 0 bridgehead atoms. The van der Waals surface area contributed by atoms with Gasteiger partial charge in [-0.15, -0.1) is 11.3 Å². The van der Waals surface area contributed by atoms with Gasteiger partial charge in [-0.05, 0) is 50.3 Å². The second kappa shape index (κ2) is 8.06. The molecule has 1 aliphatic heterocycles. The molecule has 2 fully saturated rings. The number of amides is 1. The van der Waals surface area contributed by atoms with Crippen molar-refractivity contribution in [1.29, 1.82) is 0 Å². The van der Waals surface area contributed by atoms with Crippen LogP contribution in [0.2, 0.25) is 0 Å². The number of rotatable bonds is 6. The van der Waals surface area contributed by atoms with Gasteiger partial charge < -0.3 is 21.3 Å². The maximum absolute atomic E-state index is 11.5. The molecule has 2 aliphatic rings. The minimum atomic E-state index is -0.203. The first kappa shape index (κ1) is 19.0. The van der Waals surface area contributed by atoms with E-state index in [1.165, 1.54) is 6.42 Å². The first-order valence-corrected chi connectivity index (χ1v) is 11.3. The molecule has 0 radical (unpaired) electrons. The first-order valence-electron chi connectivity index (χ1n) is 10.4. The number of piperidine rings is 1. The lowest BCUT2D eigenvalue weighted by Gasteiger charge is -2.32. The first-order chi connectivity index (χ1) is 14.6. The SMILES string of the molecule is NC(=O)C1CCN(c2cc(Nc3ccc4ncsc4c3)nc(NC3CCC3)n2)CC1. The van der Waals surface area contributed by atoms with E-state index in [9.17, 15) is 4.79 Å². The highest BCUT2D eigenvalue weighted by molar-refractivity contribution is 7.16. The van der Waals surface area contributed by atoms with Gasteiger partial charge in [-0.2, -0.15) is 9.97 Å². The normalized spacial score (nSPS) is 17.7. The highest BCUT2D eigenvalue weighted by atomic mass is 32.1. The van der Waals surface area contributed by atoms with Crippen LogP contribution in [0.4, 0.5) is 23.3 Å². The molecule has 3 heterocycles. The Morgan fingerprint density at radius 3 is 2.70 bits per heavy atom. The van der Waals surface area contributed by atoms with Crippen molar-refractivity contribution >= 4 is 50.7 Å². The Labute approximate surface area is 178 Å². The van der Waals surface area contributed by atoms with Gasteiger partial charge in [0.15, 0.2) is 0 Å². The molecule has 1 aromatic carbocycles. The van der Waals surface area contributed by atoms with Crippen molar-refractivity contribution in [3.63, 3.8) is 0 Å². The highest BCUT2D eigenvalue weighted by Gasteiger charge is 2.25. The van der Waals surface area contributed by atoms with Crippen LogP contribution in [0.5, 0.6) is 0 Å². The third kappa shape index (κ3) is 4.02. The quantitative estimate of drug-likeness (QED) is 0.557. The molecular weight excluding hydrogens is 398 g/mol. The van der Waals surface area contributed by atoms with Crippen LogP contribution in [-0.2, 0) is 4.79 Å². The summed E-state index contributed by atoms with van der Waals surface area (Å²) in [6.45, 7) is 1.53. The van der Waals surface area contributed by atoms with E-state index in [-0.39, 0.29) is 11.8 Å². The Hall–Kier alpha value is -2.94. The van der Waals surface area contributed by atoms with Gasteiger partial charge >= 0.3 is 0 Å². The number of thiazole rings is 1. The molecule has 0 unspecified atom stereocenters. The number of aromatic nitrogens is 3. The molecule has 1 saturated carbocycles. The second-order valence-electron chi connectivity index (χ2n) is 8.03. The van der Waals surface area contributed by atoms with E-state index in [4.69, 9.17) is 15.7 Å². The van der Waals surface area contributed by atoms with E-state index >= 15 is 0 Å².